The van der Waals surface area contributed by atoms with E-state index in [4.69, 9.17) is 5.73 Å². The van der Waals surface area contributed by atoms with Crippen molar-refractivity contribution in [2.45, 2.75) is 25.7 Å². The van der Waals surface area contributed by atoms with Crippen molar-refractivity contribution in [1.82, 2.24) is 14.7 Å². The van der Waals surface area contributed by atoms with E-state index in [9.17, 15) is 4.79 Å². The molecule has 2 aliphatic rings. The van der Waals surface area contributed by atoms with Gasteiger partial charge in [-0.1, -0.05) is 6.42 Å². The summed E-state index contributed by atoms with van der Waals surface area (Å²) in [4.78, 5) is 19.4. The maximum absolute atomic E-state index is 12.6. The number of amides is 1. The van der Waals surface area contributed by atoms with Crippen molar-refractivity contribution in [1.29, 1.82) is 0 Å². The van der Waals surface area contributed by atoms with Gasteiger partial charge >= 0.3 is 0 Å². The molecule has 0 aromatic carbocycles. The van der Waals surface area contributed by atoms with Gasteiger partial charge in [0, 0.05) is 45.2 Å². The van der Waals surface area contributed by atoms with Gasteiger partial charge in [0.2, 0.25) is 5.91 Å². The number of hydrogen-bond donors (Lipinski definition) is 1. The molecule has 122 valence electrons. The molecule has 2 unspecified atom stereocenters. The van der Waals surface area contributed by atoms with Gasteiger partial charge in [0.05, 0.1) is 0 Å². The molecule has 2 N–H and O–H groups in total. The largest absolute Gasteiger partial charge is 0.340 e. The minimum Gasteiger partial charge on any atom is -0.340 e. The summed E-state index contributed by atoms with van der Waals surface area (Å²) in [5.74, 6) is 1.19. The minimum atomic E-state index is 0.237. The maximum Gasteiger partial charge on any atom is 0.225 e. The van der Waals surface area contributed by atoms with Crippen LogP contribution in [0.5, 0.6) is 0 Å². The Balaban J connectivity index is 1.75. The lowest BCUT2D eigenvalue weighted by atomic mass is 9.80. The quantitative estimate of drug-likeness (QED) is 0.801. The van der Waals surface area contributed by atoms with Crippen LogP contribution in [0.4, 0.5) is 0 Å². The highest BCUT2D eigenvalue weighted by molar-refractivity contribution is 5.79. The minimum absolute atomic E-state index is 0.237. The van der Waals surface area contributed by atoms with E-state index in [2.05, 4.69) is 28.8 Å². The van der Waals surface area contributed by atoms with Crippen LogP contribution < -0.4 is 5.73 Å². The molecule has 1 heterocycles. The first kappa shape index (κ1) is 16.7. The molecule has 1 amide bonds. The Kier molecular flexibility index (Phi) is 6.45. The van der Waals surface area contributed by atoms with Gasteiger partial charge in [0.1, 0.15) is 0 Å². The van der Waals surface area contributed by atoms with Crippen LogP contribution in [0.2, 0.25) is 0 Å². The summed E-state index contributed by atoms with van der Waals surface area (Å²) in [6, 6.07) is 0. The third-order valence-corrected chi connectivity index (χ3v) is 5.01. The summed E-state index contributed by atoms with van der Waals surface area (Å²) in [5, 5.41) is 0. The van der Waals surface area contributed by atoms with E-state index >= 15 is 0 Å². The number of carbonyl (C=O) groups is 1. The van der Waals surface area contributed by atoms with Crippen LogP contribution in [-0.4, -0.2) is 80.5 Å². The van der Waals surface area contributed by atoms with Gasteiger partial charge in [-0.25, -0.2) is 0 Å². The Hall–Kier alpha value is -0.650. The molecule has 1 aliphatic carbocycles. The lowest BCUT2D eigenvalue weighted by Gasteiger charge is -2.38. The predicted octanol–water partition coefficient (Wildman–Crippen LogP) is 0.457. The zero-order chi connectivity index (χ0) is 15.2. The first-order valence-corrected chi connectivity index (χ1v) is 8.46. The van der Waals surface area contributed by atoms with Gasteiger partial charge in [-0.2, -0.15) is 0 Å². The smallest absolute Gasteiger partial charge is 0.225 e. The molecule has 5 nitrogen and oxygen atoms in total. The monoisotopic (exact) mass is 296 g/mol. The summed E-state index contributed by atoms with van der Waals surface area (Å²) < 4.78 is 0. The number of nitrogens with zero attached hydrogens (tertiary/aromatic N) is 3. The fourth-order valence-electron chi connectivity index (χ4n) is 3.52. The van der Waals surface area contributed by atoms with E-state index in [1.807, 2.05) is 0 Å². The third-order valence-electron chi connectivity index (χ3n) is 5.01. The number of likely N-dealkylation sites (N-methyl/N-ethyl adjacent to an activating group) is 1. The van der Waals surface area contributed by atoms with Crippen molar-refractivity contribution in [3.8, 4) is 0 Å². The van der Waals surface area contributed by atoms with E-state index in [0.717, 1.165) is 58.7 Å². The highest BCUT2D eigenvalue weighted by Gasteiger charge is 2.31. The number of hydrogen-bond acceptors (Lipinski definition) is 4. The van der Waals surface area contributed by atoms with E-state index in [1.165, 1.54) is 12.8 Å². The molecular weight excluding hydrogens is 264 g/mol. The average molecular weight is 296 g/mol. The standard InChI is InChI=1S/C16H32N4O/c1-18(2)6-7-19-8-10-20(11-9-19)16(21)15-5-3-4-14(12-15)13-17/h14-15H,3-13,17H2,1-2H3. The van der Waals surface area contributed by atoms with Gasteiger partial charge in [0.25, 0.3) is 0 Å². The summed E-state index contributed by atoms with van der Waals surface area (Å²) in [5.41, 5.74) is 5.78. The van der Waals surface area contributed by atoms with Gasteiger partial charge in [-0.15, -0.1) is 0 Å². The lowest BCUT2D eigenvalue weighted by Crippen LogP contribution is -2.51. The van der Waals surface area contributed by atoms with E-state index in [1.54, 1.807) is 0 Å². The molecule has 21 heavy (non-hydrogen) atoms. The van der Waals surface area contributed by atoms with Crippen molar-refractivity contribution in [2.24, 2.45) is 17.6 Å². The van der Waals surface area contributed by atoms with Gasteiger partial charge < -0.3 is 15.5 Å². The Labute approximate surface area is 129 Å². The summed E-state index contributed by atoms with van der Waals surface area (Å²) >= 11 is 0. The molecule has 0 bridgehead atoms. The van der Waals surface area contributed by atoms with Crippen LogP contribution in [0.15, 0.2) is 0 Å². The zero-order valence-electron chi connectivity index (χ0n) is 13.8. The van der Waals surface area contributed by atoms with E-state index in [-0.39, 0.29) is 5.92 Å². The molecule has 1 saturated heterocycles. The Bertz CT molecular complexity index is 326. The number of piperazine rings is 1. The van der Waals surface area contributed by atoms with Gasteiger partial charge in [0.15, 0.2) is 0 Å². The summed E-state index contributed by atoms with van der Waals surface area (Å²) in [6.45, 7) is 6.77. The van der Waals surface area contributed by atoms with Crippen LogP contribution in [-0.2, 0) is 4.79 Å². The van der Waals surface area contributed by atoms with E-state index in [0.29, 0.717) is 11.8 Å². The molecule has 2 atom stereocenters. The highest BCUT2D eigenvalue weighted by Crippen LogP contribution is 2.29. The van der Waals surface area contributed by atoms with Gasteiger partial charge in [-0.05, 0) is 45.8 Å². The Morgan fingerprint density at radius 2 is 1.90 bits per heavy atom. The first-order valence-electron chi connectivity index (χ1n) is 8.46. The molecule has 1 saturated carbocycles. The van der Waals surface area contributed by atoms with Crippen LogP contribution in [0.3, 0.4) is 0 Å². The summed E-state index contributed by atoms with van der Waals surface area (Å²) in [7, 11) is 4.22. The Morgan fingerprint density at radius 1 is 1.19 bits per heavy atom. The molecule has 2 fully saturated rings. The second-order valence-electron chi connectivity index (χ2n) is 6.94. The normalized spacial score (nSPS) is 28.1. The second-order valence-corrected chi connectivity index (χ2v) is 6.94. The fourth-order valence-corrected chi connectivity index (χ4v) is 3.52. The molecule has 1 aliphatic heterocycles. The molecule has 2 rings (SSSR count). The Morgan fingerprint density at radius 3 is 2.52 bits per heavy atom. The second kappa shape index (κ2) is 8.11. The van der Waals surface area contributed by atoms with Gasteiger partial charge in [-0.3, -0.25) is 9.69 Å². The van der Waals surface area contributed by atoms with Crippen molar-refractivity contribution in [3.05, 3.63) is 0 Å². The molecule has 0 aromatic heterocycles. The van der Waals surface area contributed by atoms with E-state index < -0.39 is 0 Å². The number of rotatable bonds is 5. The number of carbonyl (C=O) groups excluding carboxylic acids is 1. The molecule has 0 spiro atoms. The van der Waals surface area contributed by atoms with Crippen LogP contribution in [0.1, 0.15) is 25.7 Å². The number of nitrogens with two attached hydrogens (primary N) is 1. The predicted molar refractivity (Wildman–Crippen MR) is 86.1 cm³/mol. The van der Waals surface area contributed by atoms with Crippen molar-refractivity contribution < 1.29 is 4.79 Å². The van der Waals surface area contributed by atoms with Crippen molar-refractivity contribution >= 4 is 5.91 Å². The molecule has 0 radical (unpaired) electrons. The summed E-state index contributed by atoms with van der Waals surface area (Å²) in [6.07, 6.45) is 4.45. The van der Waals surface area contributed by atoms with Crippen molar-refractivity contribution in [3.63, 3.8) is 0 Å². The average Bonchev–Trinajstić information content (AvgIpc) is 2.52. The highest BCUT2D eigenvalue weighted by atomic mass is 16.2. The zero-order valence-corrected chi connectivity index (χ0v) is 13.8. The maximum atomic E-state index is 12.6. The fraction of sp³-hybridized carbons (Fsp3) is 0.938. The molecular formula is C16H32N4O. The first-order chi connectivity index (χ1) is 10.1. The van der Waals surface area contributed by atoms with Crippen LogP contribution in [0, 0.1) is 11.8 Å². The molecule has 0 aromatic rings. The van der Waals surface area contributed by atoms with Crippen molar-refractivity contribution in [2.75, 3.05) is 59.9 Å². The van der Waals surface area contributed by atoms with Crippen LogP contribution >= 0.6 is 0 Å². The lowest BCUT2D eigenvalue weighted by molar-refractivity contribution is -0.138. The third kappa shape index (κ3) is 4.94. The SMILES string of the molecule is CN(C)CCN1CCN(C(=O)C2CCCC(CN)C2)CC1. The topological polar surface area (TPSA) is 52.8 Å². The molecule has 5 heteroatoms. The van der Waals surface area contributed by atoms with Crippen LogP contribution in [0.25, 0.3) is 0 Å².